The highest BCUT2D eigenvalue weighted by molar-refractivity contribution is 7.00. The Bertz CT molecular complexity index is 5060. The number of para-hydroxylation sites is 1. The van der Waals surface area contributed by atoms with Crippen LogP contribution in [0.2, 0.25) is 0 Å². The minimum atomic E-state index is -0.253. The topological polar surface area (TPSA) is 22.9 Å². The molecule has 92 heavy (non-hydrogen) atoms. The molecule has 12 aromatic rings. The number of rotatable bonds is 6. The highest BCUT2D eigenvalue weighted by Gasteiger charge is 2.48. The molecule has 0 saturated heterocycles. The average molecular weight is 1190 g/mol. The van der Waals surface area contributed by atoms with Crippen LogP contribution in [0.4, 0.5) is 51.2 Å². The molecule has 19 rings (SSSR count). The third kappa shape index (κ3) is 8.22. The standard InChI is InChI=1S/C87H78BN3O/c1-83(2)43-56-22-26-65(33-58(56)45-83)90-75-37-62-49-85(5,6)47-60(62)35-73(75)88-74-36-61-48-86(7,8)50-63(61)38-76(74)91(66-27-23-57-44-84(3,4)46-59(57)34-66)78-42-68(41-77(90)82(78)88)89(64-25-21-52-31-55(20-19-53(52)32-64)80-39-54-16-12-14-18-79(54)92-80)67-28-29-70-72(40-67)87(9,10)71-30-24-51-15-11-13-17-69(51)81(70)71/h11-42H,43-50H2,1-10H3. The van der Waals surface area contributed by atoms with Crippen LogP contribution in [0, 0.1) is 21.7 Å². The number of hydrogen-bond acceptors (Lipinski definition) is 4. The van der Waals surface area contributed by atoms with Crippen LogP contribution >= 0.6 is 0 Å². The zero-order chi connectivity index (χ0) is 62.3. The summed E-state index contributed by atoms with van der Waals surface area (Å²) in [5.41, 5.74) is 35.1. The quantitative estimate of drug-likeness (QED) is 0.155. The van der Waals surface area contributed by atoms with E-state index in [2.05, 4.69) is 272 Å². The van der Waals surface area contributed by atoms with E-state index in [9.17, 15) is 0 Å². The molecule has 0 N–H and O–H groups in total. The zero-order valence-electron chi connectivity index (χ0n) is 55.0. The zero-order valence-corrected chi connectivity index (χ0v) is 55.0. The summed E-state index contributed by atoms with van der Waals surface area (Å²) in [6, 6.07) is 76.6. The normalized spacial score (nSPS) is 18.1. The summed E-state index contributed by atoms with van der Waals surface area (Å²) in [5.74, 6) is 0.883. The van der Waals surface area contributed by atoms with E-state index in [4.69, 9.17) is 4.42 Å². The molecule has 0 atom stereocenters. The maximum Gasteiger partial charge on any atom is 0.252 e. The van der Waals surface area contributed by atoms with Gasteiger partial charge in [0.15, 0.2) is 0 Å². The molecule has 0 unspecified atom stereocenters. The van der Waals surface area contributed by atoms with Crippen LogP contribution in [-0.2, 0) is 56.8 Å². The van der Waals surface area contributed by atoms with Crippen molar-refractivity contribution >= 4 is 107 Å². The number of furan rings is 1. The first-order valence-electron chi connectivity index (χ1n) is 34.0. The van der Waals surface area contributed by atoms with Crippen LogP contribution in [-0.4, -0.2) is 6.71 Å². The van der Waals surface area contributed by atoms with Crippen LogP contribution < -0.4 is 31.1 Å². The van der Waals surface area contributed by atoms with E-state index in [1.165, 1.54) is 139 Å². The van der Waals surface area contributed by atoms with Crippen molar-refractivity contribution in [1.29, 1.82) is 0 Å². The first-order chi connectivity index (χ1) is 44.2. The Balaban J connectivity index is 0.901. The SMILES string of the molecule is CC1(C)Cc2ccc(N3c4cc5c(cc4B4c6cc7c(cc6N(c6ccc8c(c6)CC(C)(C)C8)c6cc(N(c8ccc9c(c8)C(C)(C)c8ccc%10ccccc%10c8-9)c8ccc9cc(-c%10cc%11ccccc%11o%10)ccc9c8)cc3c64)CC(C)(C)C7)CC(C)(C)C5)cc2C1. The van der Waals surface area contributed by atoms with Crippen molar-refractivity contribution < 1.29 is 4.42 Å². The van der Waals surface area contributed by atoms with Crippen LogP contribution in [0.15, 0.2) is 199 Å². The summed E-state index contributed by atoms with van der Waals surface area (Å²) in [5, 5.41) is 6.05. The molecule has 0 bridgehead atoms. The molecule has 7 aliphatic rings. The van der Waals surface area contributed by atoms with E-state index >= 15 is 0 Å². The highest BCUT2D eigenvalue weighted by atomic mass is 16.3. The second-order valence-corrected chi connectivity index (χ2v) is 32.6. The average Bonchev–Trinajstić information content (AvgIpc) is 0.956. The fourth-order valence-corrected chi connectivity index (χ4v) is 18.9. The van der Waals surface area contributed by atoms with Crippen LogP contribution in [0.1, 0.15) is 125 Å². The Morgan fingerprint density at radius 3 is 1.48 bits per heavy atom. The molecular weight excluding hydrogens is 1110 g/mol. The summed E-state index contributed by atoms with van der Waals surface area (Å²) < 4.78 is 6.49. The molecule has 5 heteroatoms. The first-order valence-corrected chi connectivity index (χ1v) is 34.0. The molecule has 0 saturated carbocycles. The van der Waals surface area contributed by atoms with Crippen molar-refractivity contribution in [2.75, 3.05) is 14.7 Å². The molecule has 0 spiro atoms. The van der Waals surface area contributed by atoms with E-state index in [-0.39, 0.29) is 33.8 Å². The molecule has 0 fully saturated rings. The van der Waals surface area contributed by atoms with E-state index in [0.717, 1.165) is 90.7 Å². The van der Waals surface area contributed by atoms with E-state index < -0.39 is 0 Å². The maximum absolute atomic E-state index is 6.49. The lowest BCUT2D eigenvalue weighted by Crippen LogP contribution is -2.61. The molecule has 0 radical (unpaired) electrons. The lowest BCUT2D eigenvalue weighted by Gasteiger charge is -2.45. The molecule has 4 nitrogen and oxygen atoms in total. The predicted molar refractivity (Wildman–Crippen MR) is 388 cm³/mol. The number of hydrogen-bond donors (Lipinski definition) is 0. The van der Waals surface area contributed by atoms with Crippen molar-refractivity contribution in [3.63, 3.8) is 0 Å². The van der Waals surface area contributed by atoms with Gasteiger partial charge in [-0.2, -0.15) is 0 Å². The second-order valence-electron chi connectivity index (χ2n) is 32.6. The largest absolute Gasteiger partial charge is 0.456 e. The highest BCUT2D eigenvalue weighted by Crippen LogP contribution is 2.56. The predicted octanol–water partition coefficient (Wildman–Crippen LogP) is 20.8. The van der Waals surface area contributed by atoms with Gasteiger partial charge in [0, 0.05) is 61.9 Å². The number of fused-ring (bicyclic) bond motifs is 15. The molecule has 1 aromatic heterocycles. The fourth-order valence-electron chi connectivity index (χ4n) is 18.9. The van der Waals surface area contributed by atoms with Crippen LogP contribution in [0.25, 0.3) is 55.0 Å². The van der Waals surface area contributed by atoms with Gasteiger partial charge in [0.25, 0.3) is 6.71 Å². The van der Waals surface area contributed by atoms with E-state index in [1.807, 2.05) is 6.07 Å². The lowest BCUT2D eigenvalue weighted by molar-refractivity contribution is 0.392. The van der Waals surface area contributed by atoms with Gasteiger partial charge in [0.05, 0.1) is 5.69 Å². The minimum Gasteiger partial charge on any atom is -0.456 e. The Morgan fingerprint density at radius 2 is 0.870 bits per heavy atom. The van der Waals surface area contributed by atoms with Crippen LogP contribution in [0.3, 0.4) is 0 Å². The monoisotopic (exact) mass is 1190 g/mol. The van der Waals surface area contributed by atoms with Gasteiger partial charge >= 0.3 is 0 Å². The third-order valence-electron chi connectivity index (χ3n) is 22.8. The van der Waals surface area contributed by atoms with Crippen molar-refractivity contribution in [1.82, 2.24) is 0 Å². The van der Waals surface area contributed by atoms with Crippen LogP contribution in [0.5, 0.6) is 0 Å². The van der Waals surface area contributed by atoms with Gasteiger partial charge in [-0.25, -0.2) is 0 Å². The molecule has 450 valence electrons. The van der Waals surface area contributed by atoms with Crippen molar-refractivity contribution in [3.05, 3.63) is 250 Å². The Labute approximate surface area is 542 Å². The van der Waals surface area contributed by atoms with E-state index in [0.29, 0.717) is 0 Å². The van der Waals surface area contributed by atoms with Gasteiger partial charge in [-0.1, -0.05) is 172 Å². The molecular formula is C87H78BN3O. The Hall–Kier alpha value is -9.06. The second kappa shape index (κ2) is 18.6. The van der Waals surface area contributed by atoms with E-state index in [1.54, 1.807) is 0 Å². The smallest absolute Gasteiger partial charge is 0.252 e. The number of nitrogens with zero attached hydrogens (tertiary/aromatic N) is 3. The van der Waals surface area contributed by atoms with Gasteiger partial charge in [-0.05, 0) is 269 Å². The lowest BCUT2D eigenvalue weighted by atomic mass is 9.33. The van der Waals surface area contributed by atoms with Gasteiger partial charge in [-0.15, -0.1) is 0 Å². The third-order valence-corrected chi connectivity index (χ3v) is 22.8. The summed E-state index contributed by atoms with van der Waals surface area (Å²) in [6.07, 6.45) is 8.63. The minimum absolute atomic E-state index is 0.000449. The number of anilines is 9. The Morgan fingerprint density at radius 1 is 0.370 bits per heavy atom. The van der Waals surface area contributed by atoms with Crippen molar-refractivity contribution in [2.24, 2.45) is 21.7 Å². The summed E-state index contributed by atoms with van der Waals surface area (Å²) in [7, 11) is 0. The fraction of sp³-hybridized carbons (Fsp3) is 0.264. The maximum atomic E-state index is 6.49. The molecule has 3 heterocycles. The molecule has 5 aliphatic carbocycles. The van der Waals surface area contributed by atoms with Gasteiger partial charge in [-0.3, -0.25) is 0 Å². The van der Waals surface area contributed by atoms with Gasteiger partial charge in [0.1, 0.15) is 11.3 Å². The van der Waals surface area contributed by atoms with Gasteiger partial charge in [0.2, 0.25) is 0 Å². The summed E-state index contributed by atoms with van der Waals surface area (Å²) >= 11 is 0. The molecule has 2 aliphatic heterocycles. The first kappa shape index (κ1) is 54.7. The molecule has 11 aromatic carbocycles. The van der Waals surface area contributed by atoms with Crippen molar-refractivity contribution in [3.8, 4) is 22.5 Å². The number of benzene rings is 11. The summed E-state index contributed by atoms with van der Waals surface area (Å²) in [4.78, 5) is 8.09. The van der Waals surface area contributed by atoms with Gasteiger partial charge < -0.3 is 19.1 Å². The molecule has 0 amide bonds. The van der Waals surface area contributed by atoms with Crippen molar-refractivity contribution in [2.45, 2.75) is 126 Å². The summed E-state index contributed by atoms with van der Waals surface area (Å²) in [6.45, 7) is 24.6. The Kier molecular flexibility index (Phi) is 11.0.